The lowest BCUT2D eigenvalue weighted by Gasteiger charge is -2.23. The van der Waals surface area contributed by atoms with Crippen molar-refractivity contribution in [3.8, 4) is 0 Å². The molecule has 1 fully saturated rings. The predicted molar refractivity (Wildman–Crippen MR) is 79.0 cm³/mol. The molecule has 1 aromatic rings. The molecule has 1 aliphatic rings. The Morgan fingerprint density at radius 3 is 2.84 bits per heavy atom. The normalized spacial score (nSPS) is 20.1. The Morgan fingerprint density at radius 2 is 2.26 bits per heavy atom. The molecule has 1 unspecified atom stereocenters. The highest BCUT2D eigenvalue weighted by Crippen LogP contribution is 2.27. The SMILES string of the molecule is CCc1nn(C)c(CN2CCCC2CC(C)=O)c1Br. The topological polar surface area (TPSA) is 38.1 Å². The number of nitrogens with zero attached hydrogens (tertiary/aromatic N) is 3. The Bertz CT molecular complexity index is 470. The van der Waals surface area contributed by atoms with Crippen LogP contribution in [-0.2, 0) is 24.8 Å². The van der Waals surface area contributed by atoms with Crippen molar-refractivity contribution in [1.82, 2.24) is 14.7 Å². The fourth-order valence-electron chi connectivity index (χ4n) is 2.85. The maximum atomic E-state index is 11.3. The van der Waals surface area contributed by atoms with E-state index in [0.717, 1.165) is 36.1 Å². The third-order valence-electron chi connectivity index (χ3n) is 3.88. The van der Waals surface area contributed by atoms with Crippen molar-refractivity contribution < 1.29 is 4.79 Å². The average molecular weight is 328 g/mol. The lowest BCUT2D eigenvalue weighted by atomic mass is 10.1. The molecule has 0 bridgehead atoms. The van der Waals surface area contributed by atoms with Crippen LogP contribution in [0.15, 0.2) is 4.47 Å². The Labute approximate surface area is 123 Å². The third-order valence-corrected chi connectivity index (χ3v) is 4.79. The number of likely N-dealkylation sites (tertiary alicyclic amines) is 1. The molecular formula is C14H22BrN3O. The van der Waals surface area contributed by atoms with E-state index < -0.39 is 0 Å². The average Bonchev–Trinajstić information content (AvgIpc) is 2.88. The molecule has 0 amide bonds. The van der Waals surface area contributed by atoms with Gasteiger partial charge in [0, 0.05) is 26.1 Å². The van der Waals surface area contributed by atoms with Gasteiger partial charge in [0.05, 0.1) is 15.9 Å². The second kappa shape index (κ2) is 6.18. The summed E-state index contributed by atoms with van der Waals surface area (Å²) >= 11 is 3.66. The quantitative estimate of drug-likeness (QED) is 0.834. The first-order valence-electron chi connectivity index (χ1n) is 6.96. The molecule has 0 saturated carbocycles. The van der Waals surface area contributed by atoms with Gasteiger partial charge in [0.2, 0.25) is 0 Å². The van der Waals surface area contributed by atoms with Crippen LogP contribution in [0.25, 0.3) is 0 Å². The number of rotatable bonds is 5. The van der Waals surface area contributed by atoms with Crippen molar-refractivity contribution in [3.05, 3.63) is 15.9 Å². The van der Waals surface area contributed by atoms with Crippen LogP contribution in [-0.4, -0.2) is 33.1 Å². The molecule has 0 aliphatic carbocycles. The standard InChI is InChI=1S/C14H22BrN3O/c1-4-12-14(15)13(17(3)16-12)9-18-7-5-6-11(18)8-10(2)19/h11H,4-9H2,1-3H3. The van der Waals surface area contributed by atoms with E-state index in [9.17, 15) is 4.79 Å². The van der Waals surface area contributed by atoms with E-state index in [4.69, 9.17) is 0 Å². The van der Waals surface area contributed by atoms with Gasteiger partial charge in [-0.2, -0.15) is 5.10 Å². The smallest absolute Gasteiger partial charge is 0.131 e. The number of aryl methyl sites for hydroxylation is 2. The molecule has 0 N–H and O–H groups in total. The van der Waals surface area contributed by atoms with Crippen molar-refractivity contribution in [1.29, 1.82) is 0 Å². The van der Waals surface area contributed by atoms with Gasteiger partial charge in [-0.1, -0.05) is 6.92 Å². The van der Waals surface area contributed by atoms with E-state index in [1.807, 2.05) is 11.7 Å². The largest absolute Gasteiger partial charge is 0.300 e. The summed E-state index contributed by atoms with van der Waals surface area (Å²) in [6.07, 6.45) is 3.94. The summed E-state index contributed by atoms with van der Waals surface area (Å²) in [6.45, 7) is 5.76. The fourth-order valence-corrected chi connectivity index (χ4v) is 3.59. The number of aromatic nitrogens is 2. The van der Waals surface area contributed by atoms with Crippen molar-refractivity contribution in [2.75, 3.05) is 6.54 Å². The third kappa shape index (κ3) is 3.26. The monoisotopic (exact) mass is 327 g/mol. The minimum absolute atomic E-state index is 0.287. The first-order chi connectivity index (χ1) is 9.02. The summed E-state index contributed by atoms with van der Waals surface area (Å²) in [7, 11) is 2.00. The first-order valence-corrected chi connectivity index (χ1v) is 7.76. The number of carbonyl (C=O) groups excluding carboxylic acids is 1. The van der Waals surface area contributed by atoms with E-state index in [2.05, 4.69) is 32.9 Å². The summed E-state index contributed by atoms with van der Waals surface area (Å²) in [5.74, 6) is 0.287. The molecule has 4 nitrogen and oxygen atoms in total. The Kier molecular flexibility index (Phi) is 4.79. The van der Waals surface area contributed by atoms with Gasteiger partial charge < -0.3 is 0 Å². The highest BCUT2D eigenvalue weighted by molar-refractivity contribution is 9.10. The van der Waals surface area contributed by atoms with Crippen LogP contribution in [0.4, 0.5) is 0 Å². The van der Waals surface area contributed by atoms with Gasteiger partial charge in [0.25, 0.3) is 0 Å². The van der Waals surface area contributed by atoms with Gasteiger partial charge in [-0.15, -0.1) is 0 Å². The predicted octanol–water partition coefficient (Wildman–Crippen LogP) is 2.69. The Balaban J connectivity index is 2.12. The maximum absolute atomic E-state index is 11.3. The Morgan fingerprint density at radius 1 is 1.53 bits per heavy atom. The maximum Gasteiger partial charge on any atom is 0.131 e. The van der Waals surface area contributed by atoms with Crippen LogP contribution < -0.4 is 0 Å². The zero-order chi connectivity index (χ0) is 14.0. The zero-order valence-corrected chi connectivity index (χ0v) is 13.5. The van der Waals surface area contributed by atoms with Crippen LogP contribution in [0.2, 0.25) is 0 Å². The minimum Gasteiger partial charge on any atom is -0.300 e. The molecule has 2 heterocycles. The number of halogens is 1. The van der Waals surface area contributed by atoms with Gasteiger partial charge in [0.15, 0.2) is 0 Å². The van der Waals surface area contributed by atoms with Crippen LogP contribution in [0.5, 0.6) is 0 Å². The van der Waals surface area contributed by atoms with E-state index >= 15 is 0 Å². The molecule has 5 heteroatoms. The minimum atomic E-state index is 0.287. The number of Topliss-reactive ketones (excluding diaryl/α,β-unsaturated/α-hetero) is 1. The van der Waals surface area contributed by atoms with Gasteiger partial charge in [-0.25, -0.2) is 0 Å². The molecule has 0 radical (unpaired) electrons. The van der Waals surface area contributed by atoms with Crippen molar-refractivity contribution in [2.24, 2.45) is 7.05 Å². The molecule has 19 heavy (non-hydrogen) atoms. The zero-order valence-electron chi connectivity index (χ0n) is 11.9. The van der Waals surface area contributed by atoms with Crippen LogP contribution in [0, 0.1) is 0 Å². The van der Waals surface area contributed by atoms with Crippen molar-refractivity contribution in [2.45, 2.75) is 52.1 Å². The molecule has 1 aliphatic heterocycles. The van der Waals surface area contributed by atoms with Crippen LogP contribution >= 0.6 is 15.9 Å². The van der Waals surface area contributed by atoms with E-state index in [0.29, 0.717) is 12.5 Å². The lowest BCUT2D eigenvalue weighted by Crippen LogP contribution is -2.31. The molecule has 0 aromatic carbocycles. The van der Waals surface area contributed by atoms with Gasteiger partial charge in [-0.3, -0.25) is 14.4 Å². The van der Waals surface area contributed by atoms with Crippen molar-refractivity contribution >= 4 is 21.7 Å². The first kappa shape index (κ1) is 14.7. The van der Waals surface area contributed by atoms with Crippen molar-refractivity contribution in [3.63, 3.8) is 0 Å². The fraction of sp³-hybridized carbons (Fsp3) is 0.714. The van der Waals surface area contributed by atoms with Gasteiger partial charge in [-0.05, 0) is 48.7 Å². The number of ketones is 1. The molecule has 1 aromatic heterocycles. The van der Waals surface area contributed by atoms with E-state index in [1.165, 1.54) is 12.1 Å². The summed E-state index contributed by atoms with van der Waals surface area (Å²) in [4.78, 5) is 13.7. The van der Waals surface area contributed by atoms with Gasteiger partial charge >= 0.3 is 0 Å². The second-order valence-corrected chi connectivity index (χ2v) is 6.15. The van der Waals surface area contributed by atoms with E-state index in [1.54, 1.807) is 6.92 Å². The number of hydrogen-bond donors (Lipinski definition) is 0. The highest BCUT2D eigenvalue weighted by Gasteiger charge is 2.27. The Hall–Kier alpha value is -0.680. The summed E-state index contributed by atoms with van der Waals surface area (Å²) in [6, 6.07) is 0.407. The second-order valence-electron chi connectivity index (χ2n) is 5.36. The molecule has 0 spiro atoms. The van der Waals surface area contributed by atoms with Crippen LogP contribution in [0.1, 0.15) is 44.5 Å². The van der Waals surface area contributed by atoms with Crippen LogP contribution in [0.3, 0.4) is 0 Å². The summed E-state index contributed by atoms with van der Waals surface area (Å²) in [5.41, 5.74) is 2.33. The molecule has 2 rings (SSSR count). The molecule has 1 atom stereocenters. The molecule has 1 saturated heterocycles. The van der Waals surface area contributed by atoms with Gasteiger partial charge in [0.1, 0.15) is 5.78 Å². The molecular weight excluding hydrogens is 306 g/mol. The highest BCUT2D eigenvalue weighted by atomic mass is 79.9. The van der Waals surface area contributed by atoms with E-state index in [-0.39, 0.29) is 5.78 Å². The lowest BCUT2D eigenvalue weighted by molar-refractivity contribution is -0.118. The number of carbonyl (C=O) groups is 1. The summed E-state index contributed by atoms with van der Waals surface area (Å²) in [5, 5.41) is 4.53. The molecule has 106 valence electrons. The number of hydrogen-bond acceptors (Lipinski definition) is 3. The summed E-state index contributed by atoms with van der Waals surface area (Å²) < 4.78 is 3.09.